The van der Waals surface area contributed by atoms with E-state index in [1.165, 1.54) is 16.8 Å². The molecule has 1 unspecified atom stereocenters. The zero-order chi connectivity index (χ0) is 23.1. The molecule has 0 radical (unpaired) electrons. The molecule has 1 heterocycles. The van der Waals surface area contributed by atoms with Gasteiger partial charge in [0.05, 0.1) is 12.1 Å². The maximum absolute atomic E-state index is 12.4. The average molecular weight is 441 g/mol. The van der Waals surface area contributed by atoms with E-state index in [4.69, 9.17) is 21.7 Å². The van der Waals surface area contributed by atoms with Crippen LogP contribution in [-0.4, -0.2) is 58.8 Å². The molecule has 1 saturated carbocycles. The molecule has 9 nitrogen and oxygen atoms in total. The third-order valence-electron chi connectivity index (χ3n) is 5.06. The first-order chi connectivity index (χ1) is 14.7. The molecule has 1 aromatic rings. The lowest BCUT2D eigenvalue weighted by atomic mass is 10.1. The maximum Gasteiger partial charge on any atom is 0.328 e. The van der Waals surface area contributed by atoms with E-state index in [1.807, 2.05) is 0 Å². The van der Waals surface area contributed by atoms with Gasteiger partial charge in [-0.2, -0.15) is 0 Å². The second kappa shape index (κ2) is 11.2. The van der Waals surface area contributed by atoms with Crippen LogP contribution >= 0.6 is 8.53 Å². The quantitative estimate of drug-likeness (QED) is 0.341. The Morgan fingerprint density at radius 1 is 1.37 bits per heavy atom. The molecular formula is C20H33N4O5P. The van der Waals surface area contributed by atoms with Gasteiger partial charge in [-0.15, -0.1) is 0 Å². The highest BCUT2D eigenvalue weighted by Crippen LogP contribution is 2.51. The molecule has 30 heavy (non-hydrogen) atoms. The monoisotopic (exact) mass is 441 g/mol. The van der Waals surface area contributed by atoms with Crippen molar-refractivity contribution >= 4 is 8.53 Å². The Labute approximate surface area is 180 Å². The molecular weight excluding hydrogens is 407 g/mol. The molecule has 1 aromatic heterocycles. The van der Waals surface area contributed by atoms with Crippen LogP contribution in [0.3, 0.4) is 0 Å². The number of H-pyrrole nitrogens is 1. The lowest BCUT2D eigenvalue weighted by molar-refractivity contribution is -0.0159. The van der Waals surface area contributed by atoms with E-state index < -0.39 is 32.0 Å². The molecule has 0 saturated heterocycles. The number of hydrogen-bond acceptors (Lipinski definition) is 6. The average Bonchev–Trinajstić information content (AvgIpc) is 3.04. The van der Waals surface area contributed by atoms with Crippen molar-refractivity contribution in [2.75, 3.05) is 20.3 Å². The van der Waals surface area contributed by atoms with Crippen LogP contribution in [-0.2, 0) is 13.8 Å². The zero-order valence-electron chi connectivity index (χ0n) is 19.3. The van der Waals surface area contributed by atoms with Crippen molar-refractivity contribution in [2.45, 2.75) is 71.3 Å². The highest BCUT2D eigenvalue weighted by Gasteiger charge is 2.46. The smallest absolute Gasteiger partial charge is 0.328 e. The fraction of sp³-hybridized carbons (Fsp3) is 0.750. The molecule has 2 rings (SSSR count). The van der Waals surface area contributed by atoms with Crippen molar-refractivity contribution in [3.05, 3.63) is 44.5 Å². The molecule has 1 aliphatic rings. The number of nitrogens with zero attached hydrogens (tertiary/aromatic N) is 3. The highest BCUT2D eigenvalue weighted by molar-refractivity contribution is 7.44. The summed E-state index contributed by atoms with van der Waals surface area (Å²) in [6, 6.07) is 1.22. The first kappa shape index (κ1) is 23.1. The summed E-state index contributed by atoms with van der Waals surface area (Å²) in [5.74, 6) is -0.176. The summed E-state index contributed by atoms with van der Waals surface area (Å²) in [5, 5.41) is 0. The van der Waals surface area contributed by atoms with Crippen LogP contribution in [0.4, 0.5) is 0 Å². The lowest BCUT2D eigenvalue weighted by Gasteiger charge is -2.38. The Morgan fingerprint density at radius 2 is 2.07 bits per heavy atom. The predicted octanol–water partition coefficient (Wildman–Crippen LogP) is 2.80. The summed E-state index contributed by atoms with van der Waals surface area (Å²) in [6.45, 7) is 15.9. The van der Waals surface area contributed by atoms with Gasteiger partial charge in [0.2, 0.25) is 6.54 Å². The van der Waals surface area contributed by atoms with Gasteiger partial charge in [0.15, 0.2) is 0 Å². The Morgan fingerprint density at radius 3 is 2.60 bits per heavy atom. The molecule has 5 atom stereocenters. The second-order valence-electron chi connectivity index (χ2n) is 7.87. The van der Waals surface area contributed by atoms with E-state index in [0.29, 0.717) is 6.42 Å². The summed E-state index contributed by atoms with van der Waals surface area (Å²) in [5.41, 5.74) is -0.968. The van der Waals surface area contributed by atoms with Crippen LogP contribution < -0.4 is 11.2 Å². The Balaban J connectivity index is 2.35. The zero-order valence-corrected chi connectivity index (χ0v) is 19.2. The van der Waals surface area contributed by atoms with E-state index in [1.54, 1.807) is 7.11 Å². The van der Waals surface area contributed by atoms with Crippen molar-refractivity contribution in [3.63, 3.8) is 0 Å². The summed E-state index contributed by atoms with van der Waals surface area (Å²) >= 11 is 0. The van der Waals surface area contributed by atoms with Crippen molar-refractivity contribution < 1.29 is 15.2 Å². The molecule has 1 aliphatic carbocycles. The van der Waals surface area contributed by atoms with Crippen molar-refractivity contribution in [1.82, 2.24) is 14.2 Å². The fourth-order valence-electron chi connectivity index (χ4n) is 3.86. The first-order valence-corrected chi connectivity index (χ1v) is 11.2. The van der Waals surface area contributed by atoms with Crippen molar-refractivity contribution in [3.8, 4) is 0 Å². The number of rotatable bonds is 10. The predicted molar refractivity (Wildman–Crippen MR) is 116 cm³/mol. The van der Waals surface area contributed by atoms with Crippen LogP contribution in [0.1, 0.15) is 48.4 Å². The number of methoxy groups -OCH3 is 1. The summed E-state index contributed by atoms with van der Waals surface area (Å²) in [4.78, 5) is 29.5. The SMILES string of the molecule is [2H]C[C@H]1C[C@@H](n2ccc(=O)[nH]c2=O)[C@H](OC)[C@@H]1OP(OCC[N+]#[C-])N(C(C)C)C(C)C. The van der Waals surface area contributed by atoms with Gasteiger partial charge in [0.25, 0.3) is 14.1 Å². The standard InChI is InChI=1S/C20H33N4O5P/c1-13(2)24(14(3)4)30(28-11-9-21-6)29-18-15(5)12-16(19(18)27-7)23-10-8-17(25)22-20(23)26/h8,10,13-16,18-19H,9,11-12H2,1-5,7H3,(H,22,25,26)/t15-,16+,18+,19-,30?/m0/s1/i5D. The van der Waals surface area contributed by atoms with Crippen LogP contribution in [0.5, 0.6) is 0 Å². The van der Waals surface area contributed by atoms with Gasteiger partial charge >= 0.3 is 5.69 Å². The molecule has 0 bridgehead atoms. The normalized spacial score (nSPS) is 25.6. The van der Waals surface area contributed by atoms with E-state index in [2.05, 4.69) is 42.2 Å². The van der Waals surface area contributed by atoms with Crippen LogP contribution in [0.2, 0.25) is 0 Å². The molecule has 0 aliphatic heterocycles. The highest BCUT2D eigenvalue weighted by atomic mass is 31.2. The van der Waals surface area contributed by atoms with Gasteiger partial charge in [-0.3, -0.25) is 14.3 Å². The molecule has 0 aromatic carbocycles. The number of ether oxygens (including phenoxy) is 1. The lowest BCUT2D eigenvalue weighted by Crippen LogP contribution is -2.40. The summed E-state index contributed by atoms with van der Waals surface area (Å²) in [6.07, 6.45) is 1.01. The topological polar surface area (TPSA) is 90.2 Å². The number of aromatic nitrogens is 2. The largest absolute Gasteiger partial charge is 0.377 e. The molecule has 10 heteroatoms. The van der Waals surface area contributed by atoms with Gasteiger partial charge in [0, 0.05) is 32.8 Å². The van der Waals surface area contributed by atoms with Gasteiger partial charge in [-0.25, -0.2) is 16.0 Å². The summed E-state index contributed by atoms with van der Waals surface area (Å²) < 4.78 is 29.9. The summed E-state index contributed by atoms with van der Waals surface area (Å²) in [7, 11) is 0.0478. The minimum Gasteiger partial charge on any atom is -0.377 e. The number of nitrogens with one attached hydrogen (secondary N) is 1. The van der Waals surface area contributed by atoms with E-state index in [9.17, 15) is 9.59 Å². The Bertz CT molecular complexity index is 847. The van der Waals surface area contributed by atoms with Gasteiger partial charge < -0.3 is 18.6 Å². The first-order valence-electron chi connectivity index (χ1n) is 10.8. The fourth-order valence-corrected chi connectivity index (χ4v) is 5.65. The molecule has 0 spiro atoms. The van der Waals surface area contributed by atoms with Crippen LogP contribution in [0, 0.1) is 12.5 Å². The molecule has 1 fully saturated rings. The second-order valence-corrected chi connectivity index (χ2v) is 9.28. The van der Waals surface area contributed by atoms with Gasteiger partial charge in [0.1, 0.15) is 12.7 Å². The third kappa shape index (κ3) is 5.77. The minimum atomic E-state index is -1.51. The Kier molecular flexibility index (Phi) is 8.61. The Hall–Kier alpha value is -1.56. The van der Waals surface area contributed by atoms with Crippen molar-refractivity contribution in [2.24, 2.45) is 5.92 Å². The van der Waals surface area contributed by atoms with Gasteiger partial charge in [-0.05, 0) is 40.0 Å². The molecule has 0 amide bonds. The minimum absolute atomic E-state index is 0.105. The van der Waals surface area contributed by atoms with Crippen molar-refractivity contribution in [1.29, 1.82) is 0 Å². The maximum atomic E-state index is 12.4. The third-order valence-corrected chi connectivity index (χ3v) is 7.18. The van der Waals surface area contributed by atoms with E-state index >= 15 is 0 Å². The number of aromatic amines is 1. The molecule has 168 valence electrons. The van der Waals surface area contributed by atoms with E-state index in [-0.39, 0.29) is 44.1 Å². The van der Waals surface area contributed by atoms with E-state index in [0.717, 1.165) is 0 Å². The van der Waals surface area contributed by atoms with Gasteiger partial charge in [-0.1, -0.05) is 6.90 Å². The van der Waals surface area contributed by atoms with Crippen LogP contribution in [0.15, 0.2) is 21.9 Å². The van der Waals surface area contributed by atoms with Crippen LogP contribution in [0.25, 0.3) is 4.85 Å². The molecule has 1 N–H and O–H groups in total. The number of hydrogen-bond donors (Lipinski definition) is 1.